The second-order valence-electron chi connectivity index (χ2n) is 9.25. The van der Waals surface area contributed by atoms with Gasteiger partial charge < -0.3 is 9.84 Å². The Morgan fingerprint density at radius 1 is 1.18 bits per heavy atom. The van der Waals surface area contributed by atoms with E-state index >= 15 is 0 Å². The highest BCUT2D eigenvalue weighted by Crippen LogP contribution is 2.36. The van der Waals surface area contributed by atoms with Crippen LogP contribution in [0.25, 0.3) is 10.9 Å². The first-order valence-electron chi connectivity index (χ1n) is 11.1. The van der Waals surface area contributed by atoms with Crippen molar-refractivity contribution in [2.75, 3.05) is 13.1 Å². The van der Waals surface area contributed by atoms with Gasteiger partial charge in [0.05, 0.1) is 28.6 Å². The zero-order chi connectivity index (χ0) is 23.5. The predicted octanol–water partition coefficient (Wildman–Crippen LogP) is 3.18. The number of carboxylic acids is 1. The van der Waals surface area contributed by atoms with Crippen molar-refractivity contribution in [2.24, 2.45) is 5.92 Å². The van der Waals surface area contributed by atoms with Crippen LogP contribution in [0.3, 0.4) is 0 Å². The number of aryl methyl sites for hydroxylation is 1. The Morgan fingerprint density at radius 3 is 2.73 bits per heavy atom. The lowest BCUT2D eigenvalue weighted by molar-refractivity contribution is -0.136. The van der Waals surface area contributed by atoms with Crippen molar-refractivity contribution in [1.82, 2.24) is 14.1 Å². The highest BCUT2D eigenvalue weighted by atomic mass is 32.2. The number of ether oxygens (including phenoxy) is 1. The molecule has 0 amide bonds. The van der Waals surface area contributed by atoms with Gasteiger partial charge in [-0.15, -0.1) is 0 Å². The zero-order valence-electron chi connectivity index (χ0n) is 18.9. The number of nitrogens with zero attached hydrogens (tertiary/aromatic N) is 3. The molecule has 5 rings (SSSR count). The van der Waals surface area contributed by atoms with Gasteiger partial charge in [-0.1, -0.05) is 19.1 Å². The predicted molar refractivity (Wildman–Crippen MR) is 123 cm³/mol. The van der Waals surface area contributed by atoms with Crippen LogP contribution in [0.5, 0.6) is 5.75 Å². The van der Waals surface area contributed by atoms with Gasteiger partial charge in [-0.3, -0.25) is 9.48 Å². The van der Waals surface area contributed by atoms with Gasteiger partial charge in [0, 0.05) is 24.9 Å². The Bertz CT molecular complexity index is 1360. The molecule has 33 heavy (non-hydrogen) atoms. The van der Waals surface area contributed by atoms with E-state index in [0.29, 0.717) is 18.7 Å². The molecule has 2 aliphatic heterocycles. The molecule has 0 saturated carbocycles. The van der Waals surface area contributed by atoms with Crippen LogP contribution in [-0.2, 0) is 27.7 Å². The number of aliphatic carboxylic acids is 1. The Kier molecular flexibility index (Phi) is 5.21. The smallest absolute Gasteiger partial charge is 0.309 e. The standard InChI is InChI=1S/C24H27N3O5S/c1-14-4-6-19-20(11-24(28)29)25-27(21(19)8-14)22-13-26(12-15(22)2)33(30,31)18-5-7-23-17(10-18)9-16(3)32-23/h4-8,10,15-16,22H,9,11-13H2,1-3H3,(H,28,29)/t15-,16?,22+/m1/s1. The Hall–Kier alpha value is -2.91. The molecule has 3 aromatic rings. The summed E-state index contributed by atoms with van der Waals surface area (Å²) < 4.78 is 36.0. The maximum Gasteiger partial charge on any atom is 0.309 e. The lowest BCUT2D eigenvalue weighted by Crippen LogP contribution is -2.29. The molecule has 9 heteroatoms. The van der Waals surface area contributed by atoms with Crippen molar-refractivity contribution in [3.05, 3.63) is 53.2 Å². The van der Waals surface area contributed by atoms with Crippen LogP contribution in [-0.4, -0.2) is 52.8 Å². The maximum absolute atomic E-state index is 13.5. The highest BCUT2D eigenvalue weighted by Gasteiger charge is 2.40. The van der Waals surface area contributed by atoms with E-state index in [1.54, 1.807) is 18.2 Å². The molecule has 8 nitrogen and oxygen atoms in total. The summed E-state index contributed by atoms with van der Waals surface area (Å²) in [6.07, 6.45) is 0.569. The second-order valence-corrected chi connectivity index (χ2v) is 11.2. The number of aromatic nitrogens is 2. The molecule has 0 aliphatic carbocycles. The summed E-state index contributed by atoms with van der Waals surface area (Å²) in [5.74, 6) is -0.182. The van der Waals surface area contributed by atoms with Crippen LogP contribution in [0.1, 0.15) is 36.7 Å². The van der Waals surface area contributed by atoms with Crippen molar-refractivity contribution in [3.63, 3.8) is 0 Å². The van der Waals surface area contributed by atoms with Crippen LogP contribution in [0, 0.1) is 12.8 Å². The molecule has 174 valence electrons. The number of benzene rings is 2. The van der Waals surface area contributed by atoms with Crippen molar-refractivity contribution in [3.8, 4) is 5.75 Å². The van der Waals surface area contributed by atoms with E-state index in [1.807, 2.05) is 43.7 Å². The molecule has 0 spiro atoms. The molecule has 2 aromatic carbocycles. The van der Waals surface area contributed by atoms with E-state index in [1.165, 1.54) is 4.31 Å². The van der Waals surface area contributed by atoms with Gasteiger partial charge in [0.15, 0.2) is 0 Å². The monoisotopic (exact) mass is 469 g/mol. The summed E-state index contributed by atoms with van der Waals surface area (Å²) >= 11 is 0. The van der Waals surface area contributed by atoms with Gasteiger partial charge >= 0.3 is 5.97 Å². The average molecular weight is 470 g/mol. The van der Waals surface area contributed by atoms with Crippen LogP contribution in [0.15, 0.2) is 41.3 Å². The molecule has 1 N–H and O–H groups in total. The third kappa shape index (κ3) is 3.79. The number of carbonyl (C=O) groups is 1. The topological polar surface area (TPSA) is 102 Å². The van der Waals surface area contributed by atoms with E-state index in [0.717, 1.165) is 27.8 Å². The molecule has 0 bridgehead atoms. The number of rotatable bonds is 5. The van der Waals surface area contributed by atoms with Crippen molar-refractivity contribution < 1.29 is 23.1 Å². The van der Waals surface area contributed by atoms with Gasteiger partial charge in [0.1, 0.15) is 11.9 Å². The first-order valence-corrected chi connectivity index (χ1v) is 12.6. The third-order valence-corrected chi connectivity index (χ3v) is 8.44. The molecule has 1 aromatic heterocycles. The van der Waals surface area contributed by atoms with E-state index in [-0.39, 0.29) is 35.9 Å². The fourth-order valence-corrected chi connectivity index (χ4v) is 6.58. The number of carboxylic acid groups (broad SMARTS) is 1. The molecule has 0 radical (unpaired) electrons. The Morgan fingerprint density at radius 2 is 1.97 bits per heavy atom. The van der Waals surface area contributed by atoms with Crippen molar-refractivity contribution >= 4 is 26.9 Å². The number of fused-ring (bicyclic) bond motifs is 2. The van der Waals surface area contributed by atoms with Crippen LogP contribution in [0.4, 0.5) is 0 Å². The lowest BCUT2D eigenvalue weighted by atomic mass is 10.1. The fraction of sp³-hybridized carbons (Fsp3) is 0.417. The molecule has 3 heterocycles. The summed E-state index contributed by atoms with van der Waals surface area (Å²) in [5, 5.41) is 14.8. The second kappa shape index (κ2) is 7.85. The summed E-state index contributed by atoms with van der Waals surface area (Å²) in [7, 11) is -3.68. The van der Waals surface area contributed by atoms with Crippen molar-refractivity contribution in [2.45, 2.75) is 50.7 Å². The van der Waals surface area contributed by atoms with Gasteiger partial charge in [0.25, 0.3) is 0 Å². The quantitative estimate of drug-likeness (QED) is 0.616. The zero-order valence-corrected chi connectivity index (χ0v) is 19.7. The fourth-order valence-electron chi connectivity index (χ4n) is 4.97. The molecular formula is C24H27N3O5S. The summed E-state index contributed by atoms with van der Waals surface area (Å²) in [5.41, 5.74) is 3.29. The third-order valence-electron chi connectivity index (χ3n) is 6.62. The largest absolute Gasteiger partial charge is 0.490 e. The molecule has 1 fully saturated rings. The SMILES string of the molecule is Cc1ccc2c(CC(=O)O)nn([C@H]3CN(S(=O)(=O)c4ccc5c(c4)CC(C)O5)C[C@H]3C)c2c1. The molecule has 2 aliphatic rings. The van der Waals surface area contributed by atoms with Gasteiger partial charge in [0.2, 0.25) is 10.0 Å². The van der Waals surface area contributed by atoms with Crippen LogP contribution < -0.4 is 4.74 Å². The summed E-state index contributed by atoms with van der Waals surface area (Å²) in [6.45, 7) is 6.61. The minimum absolute atomic E-state index is 0.0128. The number of sulfonamides is 1. The van der Waals surface area contributed by atoms with Gasteiger partial charge in [-0.05, 0) is 55.2 Å². The summed E-state index contributed by atoms with van der Waals surface area (Å²) in [4.78, 5) is 11.6. The number of hydrogen-bond acceptors (Lipinski definition) is 5. The first kappa shape index (κ1) is 21.9. The molecule has 1 saturated heterocycles. The van der Waals surface area contributed by atoms with E-state index in [2.05, 4.69) is 5.10 Å². The number of hydrogen-bond donors (Lipinski definition) is 1. The first-order chi connectivity index (χ1) is 15.6. The maximum atomic E-state index is 13.5. The van der Waals surface area contributed by atoms with Crippen LogP contribution >= 0.6 is 0 Å². The van der Waals surface area contributed by atoms with E-state index in [4.69, 9.17) is 4.74 Å². The van der Waals surface area contributed by atoms with E-state index in [9.17, 15) is 18.3 Å². The summed E-state index contributed by atoms with van der Waals surface area (Å²) in [6, 6.07) is 10.7. The Balaban J connectivity index is 1.48. The normalized spacial score (nSPS) is 23.1. The van der Waals surface area contributed by atoms with Gasteiger partial charge in [-0.25, -0.2) is 8.42 Å². The van der Waals surface area contributed by atoms with Crippen LogP contribution in [0.2, 0.25) is 0 Å². The lowest BCUT2D eigenvalue weighted by Gasteiger charge is -2.18. The molecular weight excluding hydrogens is 442 g/mol. The average Bonchev–Trinajstić information content (AvgIpc) is 3.41. The highest BCUT2D eigenvalue weighted by molar-refractivity contribution is 7.89. The molecule has 1 unspecified atom stereocenters. The Labute approximate surface area is 192 Å². The minimum atomic E-state index is -3.68. The van der Waals surface area contributed by atoms with E-state index < -0.39 is 16.0 Å². The van der Waals surface area contributed by atoms with Crippen molar-refractivity contribution in [1.29, 1.82) is 0 Å². The molecule has 3 atom stereocenters. The minimum Gasteiger partial charge on any atom is -0.490 e. The van der Waals surface area contributed by atoms with Gasteiger partial charge in [-0.2, -0.15) is 9.40 Å².